The Hall–Kier alpha value is -0.170. The molecule has 0 bridgehead atoms. The average Bonchev–Trinajstić information content (AvgIpc) is 2.75. The van der Waals surface area contributed by atoms with E-state index in [1.165, 1.54) is 4.31 Å². The van der Waals surface area contributed by atoms with E-state index in [4.69, 9.17) is 9.84 Å². The third-order valence-corrected chi connectivity index (χ3v) is 4.74. The van der Waals surface area contributed by atoms with Crippen molar-refractivity contribution in [3.63, 3.8) is 0 Å². The molecular weight excluding hydrogens is 230 g/mol. The van der Waals surface area contributed by atoms with E-state index in [0.717, 1.165) is 19.4 Å². The molecule has 1 atom stereocenters. The number of rotatable bonds is 7. The van der Waals surface area contributed by atoms with Crippen molar-refractivity contribution in [2.45, 2.75) is 32.3 Å². The van der Waals surface area contributed by atoms with Gasteiger partial charge in [0.1, 0.15) is 0 Å². The molecule has 0 aliphatic carbocycles. The second kappa shape index (κ2) is 6.54. The van der Waals surface area contributed by atoms with E-state index in [1.54, 1.807) is 0 Å². The normalized spacial score (nSPS) is 21.8. The van der Waals surface area contributed by atoms with Crippen LogP contribution in [0.1, 0.15) is 26.2 Å². The van der Waals surface area contributed by atoms with Crippen LogP contribution in [0.5, 0.6) is 0 Å². The molecule has 0 amide bonds. The van der Waals surface area contributed by atoms with Gasteiger partial charge in [-0.15, -0.1) is 0 Å². The smallest absolute Gasteiger partial charge is 0.214 e. The van der Waals surface area contributed by atoms with Gasteiger partial charge in [0.15, 0.2) is 0 Å². The molecule has 1 saturated heterocycles. The van der Waals surface area contributed by atoms with E-state index >= 15 is 0 Å². The zero-order valence-electron chi connectivity index (χ0n) is 9.76. The summed E-state index contributed by atoms with van der Waals surface area (Å²) < 4.78 is 30.6. The van der Waals surface area contributed by atoms with Crippen molar-refractivity contribution in [1.29, 1.82) is 0 Å². The van der Waals surface area contributed by atoms with Gasteiger partial charge in [0, 0.05) is 26.3 Å². The Morgan fingerprint density at radius 3 is 2.75 bits per heavy atom. The predicted octanol–water partition coefficient (Wildman–Crippen LogP) is 0.200. The molecule has 0 aromatic rings. The SMILES string of the molecule is CCN(CC1CCCO1)S(=O)(=O)CCCO. The lowest BCUT2D eigenvalue weighted by atomic mass is 10.2. The largest absolute Gasteiger partial charge is 0.396 e. The minimum atomic E-state index is -3.23. The lowest BCUT2D eigenvalue weighted by molar-refractivity contribution is 0.0946. The first-order valence-corrected chi connectivity index (χ1v) is 7.41. The molecule has 1 unspecified atom stereocenters. The summed E-state index contributed by atoms with van der Waals surface area (Å²) in [6.07, 6.45) is 2.29. The molecule has 5 nitrogen and oxygen atoms in total. The van der Waals surface area contributed by atoms with Crippen LogP contribution in [0.4, 0.5) is 0 Å². The maximum absolute atomic E-state index is 11.9. The molecule has 1 fully saturated rings. The van der Waals surface area contributed by atoms with Crippen molar-refractivity contribution in [1.82, 2.24) is 4.31 Å². The third kappa shape index (κ3) is 4.01. The maximum atomic E-state index is 11.9. The number of hydrogen-bond donors (Lipinski definition) is 1. The Balaban J connectivity index is 2.51. The van der Waals surface area contributed by atoms with Crippen LogP contribution in [0.3, 0.4) is 0 Å². The Kier molecular flexibility index (Phi) is 5.68. The highest BCUT2D eigenvalue weighted by Gasteiger charge is 2.25. The number of ether oxygens (including phenoxy) is 1. The van der Waals surface area contributed by atoms with Gasteiger partial charge in [-0.1, -0.05) is 6.92 Å². The lowest BCUT2D eigenvalue weighted by Crippen LogP contribution is -2.38. The van der Waals surface area contributed by atoms with Crippen molar-refractivity contribution in [3.05, 3.63) is 0 Å². The highest BCUT2D eigenvalue weighted by Crippen LogP contribution is 2.15. The summed E-state index contributed by atoms with van der Waals surface area (Å²) in [5.74, 6) is 0.0179. The van der Waals surface area contributed by atoms with Crippen LogP contribution < -0.4 is 0 Å². The first-order chi connectivity index (χ1) is 7.60. The molecule has 0 aromatic carbocycles. The summed E-state index contributed by atoms with van der Waals surface area (Å²) in [5, 5.41) is 8.66. The lowest BCUT2D eigenvalue weighted by Gasteiger charge is -2.23. The third-order valence-electron chi connectivity index (χ3n) is 2.74. The number of nitrogens with zero attached hydrogens (tertiary/aromatic N) is 1. The van der Waals surface area contributed by atoms with Crippen LogP contribution in [-0.4, -0.2) is 56.0 Å². The van der Waals surface area contributed by atoms with Crippen LogP contribution in [0.2, 0.25) is 0 Å². The van der Waals surface area contributed by atoms with Crippen molar-refractivity contribution >= 4 is 10.0 Å². The molecule has 1 N–H and O–H groups in total. The fourth-order valence-electron chi connectivity index (χ4n) is 1.83. The van der Waals surface area contributed by atoms with Gasteiger partial charge in [0.25, 0.3) is 0 Å². The van der Waals surface area contributed by atoms with Gasteiger partial charge in [-0.25, -0.2) is 8.42 Å². The fraction of sp³-hybridized carbons (Fsp3) is 1.00. The van der Waals surface area contributed by atoms with Crippen LogP contribution >= 0.6 is 0 Å². The number of aliphatic hydroxyl groups is 1. The van der Waals surface area contributed by atoms with Gasteiger partial charge < -0.3 is 9.84 Å². The number of likely N-dealkylation sites (N-methyl/N-ethyl adjacent to an activating group) is 1. The molecule has 0 spiro atoms. The van der Waals surface area contributed by atoms with Gasteiger partial charge in [-0.05, 0) is 19.3 Å². The first kappa shape index (κ1) is 13.9. The number of sulfonamides is 1. The van der Waals surface area contributed by atoms with Gasteiger partial charge in [-0.2, -0.15) is 4.31 Å². The van der Waals surface area contributed by atoms with E-state index in [1.807, 2.05) is 6.92 Å². The molecule has 96 valence electrons. The Morgan fingerprint density at radius 2 is 2.25 bits per heavy atom. The zero-order chi connectivity index (χ0) is 12.0. The molecular formula is C10H21NO4S. The molecule has 1 rings (SSSR count). The van der Waals surface area contributed by atoms with Gasteiger partial charge in [0.05, 0.1) is 11.9 Å². The molecule has 6 heteroatoms. The van der Waals surface area contributed by atoms with Crippen LogP contribution in [0.15, 0.2) is 0 Å². The molecule has 1 heterocycles. The summed E-state index contributed by atoms with van der Waals surface area (Å²) >= 11 is 0. The number of hydrogen-bond acceptors (Lipinski definition) is 4. The van der Waals surface area contributed by atoms with Crippen molar-refractivity contribution in [3.8, 4) is 0 Å². The second-order valence-electron chi connectivity index (χ2n) is 3.98. The summed E-state index contributed by atoms with van der Waals surface area (Å²) in [6, 6.07) is 0. The van der Waals surface area contributed by atoms with Crippen molar-refractivity contribution in [2.75, 3.05) is 32.1 Å². The molecule has 0 aromatic heterocycles. The van der Waals surface area contributed by atoms with Crippen molar-refractivity contribution < 1.29 is 18.3 Å². The van der Waals surface area contributed by atoms with E-state index < -0.39 is 10.0 Å². The standard InChI is InChI=1S/C10H21NO4S/c1-2-11(9-10-5-3-7-15-10)16(13,14)8-4-6-12/h10,12H,2-9H2,1H3. The Morgan fingerprint density at radius 1 is 1.50 bits per heavy atom. The predicted molar refractivity (Wildman–Crippen MR) is 61.7 cm³/mol. The molecule has 0 saturated carbocycles. The summed E-state index contributed by atoms with van der Waals surface area (Å²) in [5.41, 5.74) is 0. The van der Waals surface area contributed by atoms with E-state index in [2.05, 4.69) is 0 Å². The average molecular weight is 251 g/mol. The maximum Gasteiger partial charge on any atom is 0.214 e. The van der Waals surface area contributed by atoms with E-state index in [0.29, 0.717) is 19.5 Å². The fourth-order valence-corrected chi connectivity index (χ4v) is 3.37. The molecule has 1 aliphatic rings. The van der Waals surface area contributed by atoms with Gasteiger partial charge >= 0.3 is 0 Å². The molecule has 1 aliphatic heterocycles. The Bertz CT molecular complexity index is 285. The second-order valence-corrected chi connectivity index (χ2v) is 6.07. The summed E-state index contributed by atoms with van der Waals surface area (Å²) in [6.45, 7) is 3.39. The molecule has 16 heavy (non-hydrogen) atoms. The van der Waals surface area contributed by atoms with Crippen LogP contribution in [0.25, 0.3) is 0 Å². The zero-order valence-corrected chi connectivity index (χ0v) is 10.6. The minimum Gasteiger partial charge on any atom is -0.396 e. The highest BCUT2D eigenvalue weighted by atomic mass is 32.2. The van der Waals surface area contributed by atoms with E-state index in [-0.39, 0.29) is 18.5 Å². The van der Waals surface area contributed by atoms with Crippen LogP contribution in [-0.2, 0) is 14.8 Å². The highest BCUT2D eigenvalue weighted by molar-refractivity contribution is 7.89. The number of aliphatic hydroxyl groups excluding tert-OH is 1. The topological polar surface area (TPSA) is 66.8 Å². The van der Waals surface area contributed by atoms with Gasteiger partial charge in [-0.3, -0.25) is 0 Å². The quantitative estimate of drug-likeness (QED) is 0.702. The van der Waals surface area contributed by atoms with Gasteiger partial charge in [0.2, 0.25) is 10.0 Å². The van der Waals surface area contributed by atoms with Crippen LogP contribution in [0, 0.1) is 0 Å². The summed E-state index contributed by atoms with van der Waals surface area (Å²) in [4.78, 5) is 0. The summed E-state index contributed by atoms with van der Waals surface area (Å²) in [7, 11) is -3.23. The van der Waals surface area contributed by atoms with E-state index in [9.17, 15) is 8.42 Å². The first-order valence-electron chi connectivity index (χ1n) is 5.80. The van der Waals surface area contributed by atoms with Crippen molar-refractivity contribution in [2.24, 2.45) is 0 Å². The molecule has 0 radical (unpaired) electrons. The monoisotopic (exact) mass is 251 g/mol. The minimum absolute atomic E-state index is 0.0179. The Labute approximate surface area is 97.4 Å².